The van der Waals surface area contributed by atoms with Crippen LogP contribution in [0.4, 0.5) is 4.79 Å². The van der Waals surface area contributed by atoms with Gasteiger partial charge in [-0.1, -0.05) is 13.8 Å². The van der Waals surface area contributed by atoms with Crippen molar-refractivity contribution in [1.29, 1.82) is 0 Å². The summed E-state index contributed by atoms with van der Waals surface area (Å²) >= 11 is 0. The molecule has 0 radical (unpaired) electrons. The summed E-state index contributed by atoms with van der Waals surface area (Å²) in [6, 6.07) is 0.292. The van der Waals surface area contributed by atoms with Crippen LogP contribution in [-0.2, 0) is 4.74 Å². The summed E-state index contributed by atoms with van der Waals surface area (Å²) in [6.45, 7) is 6.66. The van der Waals surface area contributed by atoms with Crippen molar-refractivity contribution in [3.8, 4) is 0 Å². The van der Waals surface area contributed by atoms with Crippen molar-refractivity contribution < 1.29 is 9.53 Å². The molecule has 1 rings (SSSR count). The first-order chi connectivity index (χ1) is 7.08. The number of nitrogens with one attached hydrogen (secondary N) is 1. The summed E-state index contributed by atoms with van der Waals surface area (Å²) in [6.07, 6.45) is 1.78. The number of hydrogen-bond donors (Lipinski definition) is 1. The summed E-state index contributed by atoms with van der Waals surface area (Å²) in [4.78, 5) is 13.6. The lowest BCUT2D eigenvalue weighted by molar-refractivity contribution is 0.123. The van der Waals surface area contributed by atoms with Crippen molar-refractivity contribution in [2.75, 3.05) is 26.7 Å². The van der Waals surface area contributed by atoms with E-state index in [0.29, 0.717) is 18.6 Å². The van der Waals surface area contributed by atoms with Gasteiger partial charge in [-0.2, -0.15) is 0 Å². The molecule has 1 fully saturated rings. The first kappa shape index (κ1) is 12.3. The lowest BCUT2D eigenvalue weighted by atomic mass is 10.1. The predicted molar refractivity (Wildman–Crippen MR) is 59.8 cm³/mol. The molecule has 0 atom stereocenters. The monoisotopic (exact) mass is 214 g/mol. The van der Waals surface area contributed by atoms with Gasteiger partial charge in [0.25, 0.3) is 0 Å². The van der Waals surface area contributed by atoms with E-state index >= 15 is 0 Å². The smallest absolute Gasteiger partial charge is 0.407 e. The van der Waals surface area contributed by atoms with E-state index in [9.17, 15) is 4.79 Å². The quantitative estimate of drug-likeness (QED) is 0.773. The number of amides is 1. The van der Waals surface area contributed by atoms with Gasteiger partial charge in [0.1, 0.15) is 0 Å². The maximum Gasteiger partial charge on any atom is 0.407 e. The number of piperidine rings is 1. The lowest BCUT2D eigenvalue weighted by Crippen LogP contribution is -2.43. The van der Waals surface area contributed by atoms with E-state index in [4.69, 9.17) is 4.74 Å². The molecule has 1 aliphatic rings. The molecule has 1 aliphatic heterocycles. The van der Waals surface area contributed by atoms with Crippen molar-refractivity contribution in [3.63, 3.8) is 0 Å². The number of ether oxygens (including phenoxy) is 1. The fourth-order valence-electron chi connectivity index (χ4n) is 1.60. The van der Waals surface area contributed by atoms with E-state index in [1.165, 1.54) is 0 Å². The molecule has 0 aromatic carbocycles. The molecular weight excluding hydrogens is 192 g/mol. The highest BCUT2D eigenvalue weighted by Crippen LogP contribution is 2.08. The molecule has 0 saturated carbocycles. The molecule has 4 heteroatoms. The summed E-state index contributed by atoms with van der Waals surface area (Å²) in [7, 11) is 2.10. The third-order valence-electron chi connectivity index (χ3n) is 2.59. The number of likely N-dealkylation sites (tertiary alicyclic amines) is 1. The van der Waals surface area contributed by atoms with Crippen LogP contribution in [0.5, 0.6) is 0 Å². The molecule has 1 amide bonds. The molecule has 0 unspecified atom stereocenters. The highest BCUT2D eigenvalue weighted by atomic mass is 16.5. The average molecular weight is 214 g/mol. The van der Waals surface area contributed by atoms with Crippen LogP contribution < -0.4 is 5.32 Å². The Morgan fingerprint density at radius 1 is 1.47 bits per heavy atom. The number of hydrogen-bond acceptors (Lipinski definition) is 3. The van der Waals surface area contributed by atoms with Gasteiger partial charge < -0.3 is 15.0 Å². The molecule has 1 heterocycles. The average Bonchev–Trinajstić information content (AvgIpc) is 2.19. The summed E-state index contributed by atoms with van der Waals surface area (Å²) in [5.74, 6) is 0.397. The largest absolute Gasteiger partial charge is 0.449 e. The van der Waals surface area contributed by atoms with E-state index in [0.717, 1.165) is 25.9 Å². The van der Waals surface area contributed by atoms with Gasteiger partial charge in [-0.05, 0) is 38.9 Å². The zero-order chi connectivity index (χ0) is 11.3. The fourth-order valence-corrected chi connectivity index (χ4v) is 1.60. The van der Waals surface area contributed by atoms with Gasteiger partial charge in [0.2, 0.25) is 0 Å². The van der Waals surface area contributed by atoms with Crippen molar-refractivity contribution in [2.24, 2.45) is 5.92 Å². The van der Waals surface area contributed by atoms with E-state index in [2.05, 4.69) is 17.3 Å². The maximum atomic E-state index is 11.4. The second kappa shape index (κ2) is 5.95. The molecular formula is C11H22N2O2. The van der Waals surface area contributed by atoms with Crippen LogP contribution in [0.2, 0.25) is 0 Å². The van der Waals surface area contributed by atoms with Gasteiger partial charge in [0.15, 0.2) is 0 Å². The van der Waals surface area contributed by atoms with Crippen molar-refractivity contribution >= 4 is 6.09 Å². The van der Waals surface area contributed by atoms with Crippen LogP contribution >= 0.6 is 0 Å². The molecule has 0 aliphatic carbocycles. The van der Waals surface area contributed by atoms with Gasteiger partial charge >= 0.3 is 6.09 Å². The van der Waals surface area contributed by atoms with E-state index < -0.39 is 0 Å². The molecule has 1 saturated heterocycles. The standard InChI is InChI=1S/C11H22N2O2/c1-9(2)8-15-11(14)12-10-4-6-13(3)7-5-10/h9-10H,4-8H2,1-3H3,(H,12,14). The van der Waals surface area contributed by atoms with Crippen molar-refractivity contribution in [2.45, 2.75) is 32.7 Å². The minimum Gasteiger partial charge on any atom is -0.449 e. The number of alkyl carbamates (subject to hydrolysis) is 1. The van der Waals surface area contributed by atoms with E-state index in [-0.39, 0.29) is 6.09 Å². The molecule has 4 nitrogen and oxygen atoms in total. The third-order valence-corrected chi connectivity index (χ3v) is 2.59. The first-order valence-corrected chi connectivity index (χ1v) is 5.69. The Balaban J connectivity index is 2.15. The molecule has 0 bridgehead atoms. The van der Waals surface area contributed by atoms with Crippen molar-refractivity contribution in [3.05, 3.63) is 0 Å². The van der Waals surface area contributed by atoms with Crippen LogP contribution in [0.1, 0.15) is 26.7 Å². The Morgan fingerprint density at radius 2 is 2.07 bits per heavy atom. The molecule has 0 aromatic rings. The van der Waals surface area contributed by atoms with Gasteiger partial charge in [-0.15, -0.1) is 0 Å². The van der Waals surface area contributed by atoms with Crippen LogP contribution in [-0.4, -0.2) is 43.8 Å². The Bertz CT molecular complexity index is 199. The maximum absolute atomic E-state index is 11.4. The fraction of sp³-hybridized carbons (Fsp3) is 0.909. The first-order valence-electron chi connectivity index (χ1n) is 5.69. The summed E-state index contributed by atoms with van der Waals surface area (Å²) in [5, 5.41) is 2.91. The Labute approximate surface area is 92.0 Å². The minimum atomic E-state index is -0.266. The number of carbonyl (C=O) groups excluding carboxylic acids is 1. The van der Waals surface area contributed by atoms with E-state index in [1.54, 1.807) is 0 Å². The third kappa shape index (κ3) is 5.02. The highest BCUT2D eigenvalue weighted by molar-refractivity contribution is 5.67. The Kier molecular flexibility index (Phi) is 4.88. The number of rotatable bonds is 3. The van der Waals surface area contributed by atoms with Gasteiger partial charge in [0.05, 0.1) is 6.61 Å². The van der Waals surface area contributed by atoms with E-state index in [1.807, 2.05) is 13.8 Å². The Morgan fingerprint density at radius 3 is 2.60 bits per heavy atom. The normalized spacial score (nSPS) is 19.2. The van der Waals surface area contributed by atoms with Crippen LogP contribution in [0.3, 0.4) is 0 Å². The van der Waals surface area contributed by atoms with Crippen molar-refractivity contribution in [1.82, 2.24) is 10.2 Å². The predicted octanol–water partition coefficient (Wildman–Crippen LogP) is 1.46. The van der Waals surface area contributed by atoms with Gasteiger partial charge in [-0.3, -0.25) is 0 Å². The number of nitrogens with zero attached hydrogens (tertiary/aromatic N) is 1. The van der Waals surface area contributed by atoms with Gasteiger partial charge in [0, 0.05) is 6.04 Å². The topological polar surface area (TPSA) is 41.6 Å². The Hall–Kier alpha value is -0.770. The second-order valence-electron chi connectivity index (χ2n) is 4.71. The molecule has 0 spiro atoms. The molecule has 0 aromatic heterocycles. The molecule has 15 heavy (non-hydrogen) atoms. The van der Waals surface area contributed by atoms with Gasteiger partial charge in [-0.25, -0.2) is 4.79 Å². The summed E-state index contributed by atoms with van der Waals surface area (Å²) in [5.41, 5.74) is 0. The highest BCUT2D eigenvalue weighted by Gasteiger charge is 2.18. The minimum absolute atomic E-state index is 0.266. The zero-order valence-corrected chi connectivity index (χ0v) is 9.95. The molecule has 1 N–H and O–H groups in total. The van der Waals surface area contributed by atoms with Crippen LogP contribution in [0, 0.1) is 5.92 Å². The SMILES string of the molecule is CC(C)COC(=O)NC1CCN(C)CC1. The van der Waals surface area contributed by atoms with Crippen LogP contribution in [0.15, 0.2) is 0 Å². The second-order valence-corrected chi connectivity index (χ2v) is 4.71. The zero-order valence-electron chi connectivity index (χ0n) is 9.95. The lowest BCUT2D eigenvalue weighted by Gasteiger charge is -2.29. The number of carbonyl (C=O) groups is 1. The molecule has 88 valence electrons. The van der Waals surface area contributed by atoms with Crippen LogP contribution in [0.25, 0.3) is 0 Å². The summed E-state index contributed by atoms with van der Waals surface area (Å²) < 4.78 is 5.07.